The average Bonchev–Trinajstić information content (AvgIpc) is 3.41. The fourth-order valence-electron chi connectivity index (χ4n) is 4.97. The Kier molecular flexibility index (Phi) is 8.86. The maximum absolute atomic E-state index is 12.8. The van der Waals surface area contributed by atoms with E-state index in [1.165, 1.54) is 12.1 Å². The van der Waals surface area contributed by atoms with Crippen LogP contribution in [0.3, 0.4) is 0 Å². The van der Waals surface area contributed by atoms with Gasteiger partial charge in [0.05, 0.1) is 16.3 Å². The first kappa shape index (κ1) is 27.2. The fraction of sp³-hybridized carbons (Fsp3) is 0.481. The van der Waals surface area contributed by atoms with Gasteiger partial charge in [-0.25, -0.2) is 0 Å². The molecule has 0 aromatic heterocycles. The summed E-state index contributed by atoms with van der Waals surface area (Å²) in [6.45, 7) is 7.13. The summed E-state index contributed by atoms with van der Waals surface area (Å²) < 4.78 is 41.6. The summed E-state index contributed by atoms with van der Waals surface area (Å²) in [4.78, 5) is 3.67. The maximum Gasteiger partial charge on any atom is 0.416 e. The van der Waals surface area contributed by atoms with Gasteiger partial charge in [-0.05, 0) is 112 Å². The minimum Gasteiger partial charge on any atom is -0.303 e. The minimum atomic E-state index is -4.27. The molecular formula is C27H33F3N4S2. The number of alkyl halides is 3. The van der Waals surface area contributed by atoms with E-state index in [1.807, 2.05) is 20.9 Å². The van der Waals surface area contributed by atoms with E-state index in [4.69, 9.17) is 0 Å². The third-order valence-electron chi connectivity index (χ3n) is 7.06. The predicted octanol–water partition coefficient (Wildman–Crippen LogP) is 7.08. The summed E-state index contributed by atoms with van der Waals surface area (Å²) in [6, 6.07) is 14.0. The van der Waals surface area contributed by atoms with Crippen molar-refractivity contribution in [1.29, 1.82) is 0 Å². The molecule has 36 heavy (non-hydrogen) atoms. The van der Waals surface area contributed by atoms with Gasteiger partial charge in [0.25, 0.3) is 0 Å². The summed E-state index contributed by atoms with van der Waals surface area (Å²) in [7, 11) is 1.90. The zero-order chi connectivity index (χ0) is 25.8. The molecule has 0 bridgehead atoms. The summed E-state index contributed by atoms with van der Waals surface area (Å²) >= 11 is 3.31. The number of nitrogens with one attached hydrogen (secondary N) is 1. The van der Waals surface area contributed by atoms with Crippen LogP contribution in [0, 0.1) is 5.41 Å². The lowest BCUT2D eigenvalue weighted by atomic mass is 9.97. The SMILES string of the molecule is CNSc1ccc(/C(C)=N/N=C(\C)SCCCN2CCC3(CC3c3ccc(C(F)(F)F)cc3)C2)cc1. The fourth-order valence-corrected chi connectivity index (χ4v) is 6.15. The third kappa shape index (κ3) is 6.94. The lowest BCUT2D eigenvalue weighted by Gasteiger charge is -2.16. The first-order valence-electron chi connectivity index (χ1n) is 12.3. The van der Waals surface area contributed by atoms with E-state index < -0.39 is 11.7 Å². The number of nitrogens with zero attached hydrogens (tertiary/aromatic N) is 3. The zero-order valence-corrected chi connectivity index (χ0v) is 22.6. The second-order valence-electron chi connectivity index (χ2n) is 9.60. The van der Waals surface area contributed by atoms with Gasteiger partial charge in [-0.2, -0.15) is 18.3 Å². The van der Waals surface area contributed by atoms with E-state index in [9.17, 15) is 13.2 Å². The number of rotatable bonds is 9. The van der Waals surface area contributed by atoms with Crippen molar-refractivity contribution in [2.75, 3.05) is 32.4 Å². The molecule has 0 radical (unpaired) electrons. The van der Waals surface area contributed by atoms with Gasteiger partial charge >= 0.3 is 6.18 Å². The highest BCUT2D eigenvalue weighted by Crippen LogP contribution is 2.64. The van der Waals surface area contributed by atoms with Crippen LogP contribution >= 0.6 is 23.7 Å². The molecule has 194 valence electrons. The standard InChI is InChI=1S/C27H33F3N4S2/c1-19(21-7-11-24(12-8-21)36-31-3)32-33-20(2)35-16-4-14-34-15-13-26(18-34)17-25(26)22-5-9-23(10-6-22)27(28,29)30/h5-12,25,31H,4,13-18H2,1-3H3/b32-19+,33-20+. The number of benzene rings is 2. The van der Waals surface area contributed by atoms with Gasteiger partial charge in [-0.3, -0.25) is 4.72 Å². The smallest absolute Gasteiger partial charge is 0.303 e. The number of likely N-dealkylation sites (tertiary alicyclic amines) is 1. The number of halogens is 3. The maximum atomic E-state index is 12.8. The van der Waals surface area contributed by atoms with E-state index in [0.29, 0.717) is 5.92 Å². The van der Waals surface area contributed by atoms with Crippen molar-refractivity contribution in [1.82, 2.24) is 9.62 Å². The molecule has 1 aliphatic heterocycles. The van der Waals surface area contributed by atoms with Gasteiger partial charge in [0, 0.05) is 17.2 Å². The van der Waals surface area contributed by atoms with Crippen LogP contribution in [-0.2, 0) is 6.18 Å². The highest BCUT2D eigenvalue weighted by atomic mass is 32.2. The Labute approximate surface area is 220 Å². The van der Waals surface area contributed by atoms with Gasteiger partial charge < -0.3 is 4.90 Å². The second-order valence-corrected chi connectivity index (χ2v) is 12.0. The van der Waals surface area contributed by atoms with Crippen LogP contribution in [0.25, 0.3) is 0 Å². The van der Waals surface area contributed by atoms with Crippen molar-refractivity contribution in [2.24, 2.45) is 15.6 Å². The molecule has 4 rings (SSSR count). The van der Waals surface area contributed by atoms with Crippen molar-refractivity contribution >= 4 is 34.5 Å². The third-order valence-corrected chi connectivity index (χ3v) is 8.76. The molecule has 1 spiro atoms. The Balaban J connectivity index is 1.18. The van der Waals surface area contributed by atoms with E-state index in [1.54, 1.807) is 35.8 Å². The molecule has 2 unspecified atom stereocenters. The molecule has 1 saturated heterocycles. The van der Waals surface area contributed by atoms with Crippen molar-refractivity contribution < 1.29 is 13.2 Å². The normalized spacial score (nSPS) is 23.0. The molecule has 2 aliphatic rings. The Bertz CT molecular complexity index is 1080. The first-order chi connectivity index (χ1) is 17.2. The molecule has 9 heteroatoms. The van der Waals surface area contributed by atoms with Crippen LogP contribution in [0.5, 0.6) is 0 Å². The van der Waals surface area contributed by atoms with Crippen molar-refractivity contribution in [3.8, 4) is 0 Å². The summed E-state index contributed by atoms with van der Waals surface area (Å²) in [6.07, 6.45) is -0.974. The zero-order valence-electron chi connectivity index (χ0n) is 20.9. The summed E-state index contributed by atoms with van der Waals surface area (Å²) in [5, 5.41) is 9.75. The molecule has 2 aromatic rings. The Hall–Kier alpha value is -1.81. The topological polar surface area (TPSA) is 40.0 Å². The average molecular weight is 535 g/mol. The monoisotopic (exact) mass is 534 g/mol. The van der Waals surface area contributed by atoms with Gasteiger partial charge in [-0.1, -0.05) is 24.3 Å². The quantitative estimate of drug-likeness (QED) is 0.123. The lowest BCUT2D eigenvalue weighted by Crippen LogP contribution is -2.23. The molecule has 0 amide bonds. The van der Waals surface area contributed by atoms with Crippen LogP contribution in [-0.4, -0.2) is 48.1 Å². The van der Waals surface area contributed by atoms with E-state index in [-0.39, 0.29) is 5.41 Å². The molecule has 1 saturated carbocycles. The van der Waals surface area contributed by atoms with Crippen LogP contribution in [0.1, 0.15) is 55.7 Å². The lowest BCUT2D eigenvalue weighted by molar-refractivity contribution is -0.137. The molecule has 1 heterocycles. The first-order valence-corrected chi connectivity index (χ1v) is 14.1. The largest absolute Gasteiger partial charge is 0.416 e. The molecular weight excluding hydrogens is 501 g/mol. The number of hydrogen-bond acceptors (Lipinski definition) is 6. The highest BCUT2D eigenvalue weighted by molar-refractivity contribution is 8.13. The molecule has 2 aromatic carbocycles. The molecule has 1 N–H and O–H groups in total. The van der Waals surface area contributed by atoms with Gasteiger partial charge in [0.15, 0.2) is 0 Å². The minimum absolute atomic E-state index is 0.264. The Morgan fingerprint density at radius 1 is 1.08 bits per heavy atom. The number of thioether (sulfide) groups is 1. The second kappa shape index (κ2) is 11.7. The van der Waals surface area contributed by atoms with Crippen LogP contribution < -0.4 is 4.72 Å². The van der Waals surface area contributed by atoms with Gasteiger partial charge in [0.1, 0.15) is 0 Å². The van der Waals surface area contributed by atoms with E-state index in [2.05, 4.69) is 44.1 Å². The number of hydrogen-bond donors (Lipinski definition) is 1. The predicted molar refractivity (Wildman–Crippen MR) is 146 cm³/mol. The Morgan fingerprint density at radius 2 is 1.81 bits per heavy atom. The van der Waals surface area contributed by atoms with Crippen molar-refractivity contribution in [2.45, 2.75) is 50.1 Å². The molecule has 4 nitrogen and oxygen atoms in total. The molecule has 2 fully saturated rings. The molecule has 1 aliphatic carbocycles. The summed E-state index contributed by atoms with van der Waals surface area (Å²) in [5.41, 5.74) is 2.71. The van der Waals surface area contributed by atoms with Gasteiger partial charge in [-0.15, -0.1) is 16.9 Å². The van der Waals surface area contributed by atoms with E-state index >= 15 is 0 Å². The van der Waals surface area contributed by atoms with Crippen LogP contribution in [0.2, 0.25) is 0 Å². The van der Waals surface area contributed by atoms with Crippen LogP contribution in [0.4, 0.5) is 13.2 Å². The molecule has 2 atom stereocenters. The highest BCUT2D eigenvalue weighted by Gasteiger charge is 2.57. The van der Waals surface area contributed by atoms with Gasteiger partial charge in [0.2, 0.25) is 0 Å². The van der Waals surface area contributed by atoms with Crippen molar-refractivity contribution in [3.63, 3.8) is 0 Å². The van der Waals surface area contributed by atoms with Crippen LogP contribution in [0.15, 0.2) is 63.6 Å². The summed E-state index contributed by atoms with van der Waals surface area (Å²) in [5.74, 6) is 1.39. The Morgan fingerprint density at radius 3 is 2.47 bits per heavy atom. The van der Waals surface area contributed by atoms with E-state index in [0.717, 1.165) is 71.4 Å². The van der Waals surface area contributed by atoms with Crippen molar-refractivity contribution in [3.05, 3.63) is 65.2 Å².